The third-order valence-electron chi connectivity index (χ3n) is 2.78. The predicted octanol–water partition coefficient (Wildman–Crippen LogP) is 1.71. The molecule has 0 fully saturated rings. The molecule has 0 aliphatic heterocycles. The first-order valence-electron chi connectivity index (χ1n) is 6.69. The number of carbonyl (C=O) groups is 1. The van der Waals surface area contributed by atoms with Crippen LogP contribution in [0.2, 0.25) is 0 Å². The van der Waals surface area contributed by atoms with E-state index in [1.165, 1.54) is 6.07 Å². The van der Waals surface area contributed by atoms with E-state index in [2.05, 4.69) is 4.98 Å². The minimum Gasteiger partial charge on any atom is -0.478 e. The zero-order valence-corrected chi connectivity index (χ0v) is 11.9. The van der Waals surface area contributed by atoms with E-state index in [9.17, 15) is 9.59 Å². The number of aromatic amines is 1. The van der Waals surface area contributed by atoms with Gasteiger partial charge < -0.3 is 14.6 Å². The Hall–Kier alpha value is -1.78. The van der Waals surface area contributed by atoms with Crippen LogP contribution < -0.4 is 10.2 Å². The highest BCUT2D eigenvalue weighted by Gasteiger charge is 2.14. The van der Waals surface area contributed by atoms with Crippen molar-refractivity contribution in [3.63, 3.8) is 0 Å². The molecule has 0 aliphatic rings. The van der Waals surface area contributed by atoms with Gasteiger partial charge in [-0.15, -0.1) is 0 Å². The Morgan fingerprint density at radius 2 is 1.95 bits per heavy atom. The standard InChI is InChI=1S/C14H22N2O3/c1-4-8-16(9-5-2)13(18)10-19-14-11(3)15-7-6-12(14)17/h6-7H,4-5,8-10H2,1-3H3,(H,15,17). The molecule has 19 heavy (non-hydrogen) atoms. The zero-order valence-electron chi connectivity index (χ0n) is 11.9. The molecule has 0 aliphatic carbocycles. The molecule has 5 nitrogen and oxygen atoms in total. The number of aryl methyl sites for hydroxylation is 1. The maximum atomic E-state index is 12.0. The van der Waals surface area contributed by atoms with Crippen LogP contribution in [-0.4, -0.2) is 35.5 Å². The summed E-state index contributed by atoms with van der Waals surface area (Å²) >= 11 is 0. The van der Waals surface area contributed by atoms with Gasteiger partial charge in [0.25, 0.3) is 5.91 Å². The van der Waals surface area contributed by atoms with Crippen molar-refractivity contribution in [1.82, 2.24) is 9.88 Å². The number of nitrogens with one attached hydrogen (secondary N) is 1. The molecule has 0 saturated carbocycles. The highest BCUT2D eigenvalue weighted by atomic mass is 16.5. The van der Waals surface area contributed by atoms with Gasteiger partial charge in [0.05, 0.1) is 5.69 Å². The second-order valence-corrected chi connectivity index (χ2v) is 4.47. The summed E-state index contributed by atoms with van der Waals surface area (Å²) in [5.41, 5.74) is 0.430. The molecule has 0 bridgehead atoms. The molecule has 1 aromatic heterocycles. The fraction of sp³-hybridized carbons (Fsp3) is 0.571. The Labute approximate surface area is 113 Å². The van der Waals surface area contributed by atoms with Gasteiger partial charge in [0.15, 0.2) is 12.4 Å². The summed E-state index contributed by atoms with van der Waals surface area (Å²) in [5, 5.41) is 0. The highest BCUT2D eigenvalue weighted by molar-refractivity contribution is 5.77. The van der Waals surface area contributed by atoms with Crippen molar-refractivity contribution in [3.8, 4) is 5.75 Å². The number of hydrogen-bond donors (Lipinski definition) is 1. The molecular weight excluding hydrogens is 244 g/mol. The summed E-state index contributed by atoms with van der Waals surface area (Å²) in [4.78, 5) is 28.3. The van der Waals surface area contributed by atoms with Crippen molar-refractivity contribution in [3.05, 3.63) is 28.2 Å². The Morgan fingerprint density at radius 1 is 1.32 bits per heavy atom. The van der Waals surface area contributed by atoms with Crippen molar-refractivity contribution in [2.75, 3.05) is 19.7 Å². The van der Waals surface area contributed by atoms with E-state index in [0.29, 0.717) is 5.69 Å². The predicted molar refractivity (Wildman–Crippen MR) is 74.5 cm³/mol. The van der Waals surface area contributed by atoms with Crippen LogP contribution in [0.3, 0.4) is 0 Å². The fourth-order valence-electron chi connectivity index (χ4n) is 1.87. The smallest absolute Gasteiger partial charge is 0.260 e. The first kappa shape index (κ1) is 15.3. The minimum atomic E-state index is -0.207. The van der Waals surface area contributed by atoms with Crippen molar-refractivity contribution < 1.29 is 9.53 Å². The van der Waals surface area contributed by atoms with Crippen LogP contribution >= 0.6 is 0 Å². The highest BCUT2D eigenvalue weighted by Crippen LogP contribution is 2.08. The number of rotatable bonds is 7. The molecule has 5 heteroatoms. The van der Waals surface area contributed by atoms with Gasteiger partial charge in [0, 0.05) is 25.4 Å². The molecule has 1 amide bonds. The molecule has 0 aromatic carbocycles. The molecular formula is C14H22N2O3. The van der Waals surface area contributed by atoms with Crippen LogP contribution in [0.4, 0.5) is 0 Å². The van der Waals surface area contributed by atoms with Gasteiger partial charge in [0.1, 0.15) is 0 Å². The third kappa shape index (κ3) is 4.43. The second-order valence-electron chi connectivity index (χ2n) is 4.47. The van der Waals surface area contributed by atoms with E-state index < -0.39 is 0 Å². The molecule has 1 aromatic rings. The largest absolute Gasteiger partial charge is 0.478 e. The fourth-order valence-corrected chi connectivity index (χ4v) is 1.87. The number of amides is 1. The lowest BCUT2D eigenvalue weighted by Crippen LogP contribution is -2.36. The summed E-state index contributed by atoms with van der Waals surface area (Å²) < 4.78 is 5.37. The average Bonchev–Trinajstić information content (AvgIpc) is 2.37. The lowest BCUT2D eigenvalue weighted by molar-refractivity contribution is -0.133. The van der Waals surface area contributed by atoms with Gasteiger partial charge in [-0.05, 0) is 19.8 Å². The Bertz CT molecular complexity index is 462. The van der Waals surface area contributed by atoms with Crippen molar-refractivity contribution in [2.24, 2.45) is 0 Å². The van der Waals surface area contributed by atoms with Crippen LogP contribution in [0.1, 0.15) is 32.4 Å². The SMILES string of the molecule is CCCN(CCC)C(=O)COc1c(C)[nH]ccc1=O. The first-order valence-corrected chi connectivity index (χ1v) is 6.69. The van der Waals surface area contributed by atoms with Gasteiger partial charge in [-0.25, -0.2) is 0 Å². The molecule has 0 saturated heterocycles. The normalized spacial score (nSPS) is 10.3. The summed E-state index contributed by atoms with van der Waals surface area (Å²) in [6.07, 6.45) is 3.39. The average molecular weight is 266 g/mol. The van der Waals surface area contributed by atoms with Crippen LogP contribution in [0.15, 0.2) is 17.1 Å². The Balaban J connectivity index is 2.64. The molecule has 1 rings (SSSR count). The van der Waals surface area contributed by atoms with Gasteiger partial charge in [-0.3, -0.25) is 9.59 Å². The van der Waals surface area contributed by atoms with Gasteiger partial charge in [-0.2, -0.15) is 0 Å². The summed E-state index contributed by atoms with van der Waals surface area (Å²) in [7, 11) is 0. The molecule has 0 spiro atoms. The molecule has 0 radical (unpaired) electrons. The molecule has 0 unspecified atom stereocenters. The minimum absolute atomic E-state index is 0.0775. The third-order valence-corrected chi connectivity index (χ3v) is 2.78. The molecule has 1 heterocycles. The number of nitrogens with zero attached hydrogens (tertiary/aromatic N) is 1. The lowest BCUT2D eigenvalue weighted by atomic mass is 10.3. The topological polar surface area (TPSA) is 62.4 Å². The molecule has 1 N–H and O–H groups in total. The van der Waals surface area contributed by atoms with E-state index >= 15 is 0 Å². The number of carbonyl (C=O) groups excluding carboxylic acids is 1. The number of H-pyrrole nitrogens is 1. The molecule has 106 valence electrons. The van der Waals surface area contributed by atoms with E-state index in [4.69, 9.17) is 4.74 Å². The number of ether oxygens (including phenoxy) is 1. The van der Waals surface area contributed by atoms with Crippen molar-refractivity contribution in [2.45, 2.75) is 33.6 Å². The monoisotopic (exact) mass is 266 g/mol. The molecule has 0 atom stereocenters. The van der Waals surface area contributed by atoms with Crippen LogP contribution in [-0.2, 0) is 4.79 Å². The number of aromatic nitrogens is 1. The second kappa shape index (κ2) is 7.61. The first-order chi connectivity index (χ1) is 9.10. The zero-order chi connectivity index (χ0) is 14.3. The Kier molecular flexibility index (Phi) is 6.12. The van der Waals surface area contributed by atoms with Crippen LogP contribution in [0.5, 0.6) is 5.75 Å². The number of hydrogen-bond acceptors (Lipinski definition) is 3. The van der Waals surface area contributed by atoms with Crippen LogP contribution in [0.25, 0.3) is 0 Å². The summed E-state index contributed by atoms with van der Waals surface area (Å²) in [6, 6.07) is 1.39. The maximum absolute atomic E-state index is 12.0. The van der Waals surface area contributed by atoms with Crippen molar-refractivity contribution in [1.29, 1.82) is 0 Å². The summed E-state index contributed by atoms with van der Waals surface area (Å²) in [6.45, 7) is 7.16. The van der Waals surface area contributed by atoms with Gasteiger partial charge in [0.2, 0.25) is 5.43 Å². The van der Waals surface area contributed by atoms with Gasteiger partial charge in [-0.1, -0.05) is 13.8 Å². The Morgan fingerprint density at radius 3 is 2.47 bits per heavy atom. The van der Waals surface area contributed by atoms with Gasteiger partial charge >= 0.3 is 0 Å². The van der Waals surface area contributed by atoms with E-state index in [0.717, 1.165) is 25.9 Å². The quantitative estimate of drug-likeness (QED) is 0.817. The summed E-state index contributed by atoms with van der Waals surface area (Å²) in [5.74, 6) is 0.148. The number of pyridine rings is 1. The van der Waals surface area contributed by atoms with E-state index in [-0.39, 0.29) is 23.7 Å². The lowest BCUT2D eigenvalue weighted by Gasteiger charge is -2.21. The van der Waals surface area contributed by atoms with Crippen molar-refractivity contribution >= 4 is 5.91 Å². The van der Waals surface area contributed by atoms with Crippen LogP contribution in [0, 0.1) is 6.92 Å². The van der Waals surface area contributed by atoms with E-state index in [1.807, 2.05) is 13.8 Å². The maximum Gasteiger partial charge on any atom is 0.260 e. The van der Waals surface area contributed by atoms with E-state index in [1.54, 1.807) is 18.0 Å².